The van der Waals surface area contributed by atoms with Crippen LogP contribution < -0.4 is 5.32 Å². The lowest BCUT2D eigenvalue weighted by molar-refractivity contribution is 0.0691. The van der Waals surface area contributed by atoms with Gasteiger partial charge in [0.15, 0.2) is 0 Å². The number of pyridine rings is 1. The van der Waals surface area contributed by atoms with Gasteiger partial charge in [-0.25, -0.2) is 4.98 Å². The number of carbonyl (C=O) groups is 1. The number of aromatic nitrogens is 4. The van der Waals surface area contributed by atoms with Crippen LogP contribution in [-0.2, 0) is 0 Å². The summed E-state index contributed by atoms with van der Waals surface area (Å²) in [6, 6.07) is 10.3. The Labute approximate surface area is 169 Å². The first kappa shape index (κ1) is 17.8. The molecule has 29 heavy (non-hydrogen) atoms. The Morgan fingerprint density at radius 3 is 2.66 bits per heavy atom. The smallest absolute Gasteiger partial charge is 0.256 e. The van der Waals surface area contributed by atoms with Crippen LogP contribution in [0.3, 0.4) is 0 Å². The molecular weight excluding hydrogens is 364 g/mol. The quantitative estimate of drug-likeness (QED) is 0.744. The largest absolute Gasteiger partial charge is 0.365 e. The maximum atomic E-state index is 13.6. The fourth-order valence-electron chi connectivity index (χ4n) is 4.74. The molecule has 2 aliphatic rings. The van der Waals surface area contributed by atoms with Crippen LogP contribution in [0, 0.1) is 19.8 Å². The molecule has 2 aromatic heterocycles. The molecule has 3 aromatic rings. The van der Waals surface area contributed by atoms with E-state index in [1.54, 1.807) is 17.2 Å². The van der Waals surface area contributed by atoms with Crippen molar-refractivity contribution in [3.05, 3.63) is 65.6 Å². The zero-order chi connectivity index (χ0) is 20.0. The number of nitrogens with zero attached hydrogens (tertiary/aromatic N) is 5. The molecule has 5 rings (SSSR count). The van der Waals surface area contributed by atoms with Crippen molar-refractivity contribution in [2.75, 3.05) is 11.9 Å². The summed E-state index contributed by atoms with van der Waals surface area (Å²) in [6.45, 7) is 4.82. The fourth-order valence-corrected chi connectivity index (χ4v) is 4.74. The summed E-state index contributed by atoms with van der Waals surface area (Å²) in [5, 5.41) is 12.1. The van der Waals surface area contributed by atoms with E-state index in [0.29, 0.717) is 11.5 Å². The molecule has 1 amide bonds. The van der Waals surface area contributed by atoms with Crippen molar-refractivity contribution >= 4 is 11.7 Å². The minimum absolute atomic E-state index is 0.0527. The van der Waals surface area contributed by atoms with Crippen molar-refractivity contribution in [1.29, 1.82) is 0 Å². The molecule has 7 nitrogen and oxygen atoms in total. The van der Waals surface area contributed by atoms with Gasteiger partial charge in [-0.05, 0) is 55.9 Å². The Morgan fingerprint density at radius 1 is 1.10 bits per heavy atom. The lowest BCUT2D eigenvalue weighted by atomic mass is 10.0. The first-order chi connectivity index (χ1) is 14.1. The highest BCUT2D eigenvalue weighted by atomic mass is 16.2. The van der Waals surface area contributed by atoms with Crippen molar-refractivity contribution in [2.24, 2.45) is 5.92 Å². The van der Waals surface area contributed by atoms with Gasteiger partial charge in [0.25, 0.3) is 5.91 Å². The summed E-state index contributed by atoms with van der Waals surface area (Å²) in [6.07, 6.45) is 7.25. The van der Waals surface area contributed by atoms with Gasteiger partial charge in [0, 0.05) is 18.8 Å². The van der Waals surface area contributed by atoms with E-state index in [-0.39, 0.29) is 18.0 Å². The van der Waals surface area contributed by atoms with Gasteiger partial charge in [-0.2, -0.15) is 15.0 Å². The maximum Gasteiger partial charge on any atom is 0.256 e. The Hall–Kier alpha value is -3.22. The molecule has 1 saturated heterocycles. The number of fused-ring (bicyclic) bond motifs is 2. The van der Waals surface area contributed by atoms with Gasteiger partial charge in [0.1, 0.15) is 11.5 Å². The number of hydrogen-bond acceptors (Lipinski definition) is 5. The number of benzene rings is 1. The minimum atomic E-state index is 0.0527. The van der Waals surface area contributed by atoms with E-state index in [1.807, 2.05) is 49.2 Å². The standard InChI is InChI=1S/C22H24N6O/c1-14-6-7-20(23-12-14)26-18-10-16-11-19(18)27(13-16)22(29)17-5-3-4-15(2)21(17)28-24-8-9-25-28/h3-9,12,16,18-19H,10-11,13H2,1-2H3,(H,23,26). The number of aryl methyl sites for hydroxylation is 2. The number of hydrogen-bond donors (Lipinski definition) is 1. The number of para-hydroxylation sites is 1. The van der Waals surface area contributed by atoms with Crippen LogP contribution in [0.2, 0.25) is 0 Å². The fraction of sp³-hybridized carbons (Fsp3) is 0.364. The van der Waals surface area contributed by atoms with Crippen molar-refractivity contribution in [3.63, 3.8) is 0 Å². The normalized spacial score (nSPS) is 22.8. The van der Waals surface area contributed by atoms with Gasteiger partial charge in [-0.3, -0.25) is 4.79 Å². The van der Waals surface area contributed by atoms with Crippen LogP contribution in [0.5, 0.6) is 0 Å². The monoisotopic (exact) mass is 388 g/mol. The van der Waals surface area contributed by atoms with Gasteiger partial charge < -0.3 is 10.2 Å². The van der Waals surface area contributed by atoms with Crippen molar-refractivity contribution in [3.8, 4) is 5.69 Å². The van der Waals surface area contributed by atoms with Crippen LogP contribution in [-0.4, -0.2) is 49.4 Å². The van der Waals surface area contributed by atoms with Gasteiger partial charge >= 0.3 is 0 Å². The minimum Gasteiger partial charge on any atom is -0.365 e. The molecule has 2 fully saturated rings. The van der Waals surface area contributed by atoms with E-state index in [0.717, 1.165) is 42.0 Å². The highest BCUT2D eigenvalue weighted by Crippen LogP contribution is 2.40. The van der Waals surface area contributed by atoms with Crippen molar-refractivity contribution < 1.29 is 4.79 Å². The van der Waals surface area contributed by atoms with Crippen molar-refractivity contribution in [2.45, 2.75) is 38.8 Å². The zero-order valence-electron chi connectivity index (χ0n) is 16.6. The lowest BCUT2D eigenvalue weighted by Crippen LogP contribution is -2.48. The van der Waals surface area contributed by atoms with E-state index < -0.39 is 0 Å². The molecule has 1 aliphatic heterocycles. The summed E-state index contributed by atoms with van der Waals surface area (Å²) >= 11 is 0. The molecule has 3 unspecified atom stereocenters. The van der Waals surface area contributed by atoms with Crippen molar-refractivity contribution in [1.82, 2.24) is 24.9 Å². The molecule has 1 saturated carbocycles. The third-order valence-corrected chi connectivity index (χ3v) is 6.07. The number of carbonyl (C=O) groups excluding carboxylic acids is 1. The second kappa shape index (κ2) is 6.99. The number of likely N-dealkylation sites (tertiary alicyclic amines) is 1. The van der Waals surface area contributed by atoms with E-state index in [2.05, 4.69) is 26.6 Å². The number of nitrogens with one attached hydrogen (secondary N) is 1. The second-order valence-corrected chi connectivity index (χ2v) is 8.12. The molecule has 7 heteroatoms. The van der Waals surface area contributed by atoms with Crippen LogP contribution >= 0.6 is 0 Å². The highest BCUT2D eigenvalue weighted by molar-refractivity contribution is 5.98. The van der Waals surface area contributed by atoms with Crippen LogP contribution in [0.1, 0.15) is 34.3 Å². The molecule has 2 bridgehead atoms. The molecule has 1 aromatic carbocycles. The summed E-state index contributed by atoms with van der Waals surface area (Å²) < 4.78 is 0. The average molecular weight is 388 g/mol. The molecule has 148 valence electrons. The number of amides is 1. The van der Waals surface area contributed by atoms with Gasteiger partial charge in [-0.1, -0.05) is 18.2 Å². The third-order valence-electron chi connectivity index (χ3n) is 6.07. The second-order valence-electron chi connectivity index (χ2n) is 8.12. The Balaban J connectivity index is 1.41. The van der Waals surface area contributed by atoms with Crippen LogP contribution in [0.15, 0.2) is 48.9 Å². The van der Waals surface area contributed by atoms with Gasteiger partial charge in [0.2, 0.25) is 0 Å². The zero-order valence-corrected chi connectivity index (χ0v) is 16.6. The first-order valence-corrected chi connectivity index (χ1v) is 10.1. The SMILES string of the molecule is Cc1ccc(NC2CC3CC2N(C(=O)c2cccc(C)c2-n2nccn2)C3)nc1. The number of piperidine rings is 1. The number of rotatable bonds is 4. The molecule has 3 atom stereocenters. The first-order valence-electron chi connectivity index (χ1n) is 10.1. The molecule has 0 spiro atoms. The average Bonchev–Trinajstić information content (AvgIpc) is 3.46. The molecule has 1 aliphatic carbocycles. The molecular formula is C22H24N6O. The van der Waals surface area contributed by atoms with E-state index >= 15 is 0 Å². The molecule has 0 radical (unpaired) electrons. The highest BCUT2D eigenvalue weighted by Gasteiger charge is 2.47. The van der Waals surface area contributed by atoms with E-state index in [9.17, 15) is 4.79 Å². The Kier molecular flexibility index (Phi) is 4.30. The van der Waals surface area contributed by atoms with Gasteiger partial charge in [-0.15, -0.1) is 0 Å². The predicted molar refractivity (Wildman–Crippen MR) is 110 cm³/mol. The van der Waals surface area contributed by atoms with E-state index in [1.165, 1.54) is 0 Å². The van der Waals surface area contributed by atoms with E-state index in [4.69, 9.17) is 0 Å². The summed E-state index contributed by atoms with van der Waals surface area (Å²) in [7, 11) is 0. The summed E-state index contributed by atoms with van der Waals surface area (Å²) in [4.78, 5) is 21.6. The maximum absolute atomic E-state index is 13.6. The Bertz CT molecular complexity index is 1030. The topological polar surface area (TPSA) is 75.9 Å². The molecule has 3 heterocycles. The summed E-state index contributed by atoms with van der Waals surface area (Å²) in [5.41, 5.74) is 3.53. The van der Waals surface area contributed by atoms with Crippen LogP contribution in [0.25, 0.3) is 5.69 Å². The third kappa shape index (κ3) is 3.16. The summed E-state index contributed by atoms with van der Waals surface area (Å²) in [5.74, 6) is 1.46. The Morgan fingerprint density at radius 2 is 1.93 bits per heavy atom. The lowest BCUT2D eigenvalue weighted by Gasteiger charge is -2.34. The van der Waals surface area contributed by atoms with Crippen LogP contribution in [0.4, 0.5) is 5.82 Å². The predicted octanol–water partition coefficient (Wildman–Crippen LogP) is 2.99. The van der Waals surface area contributed by atoms with Gasteiger partial charge in [0.05, 0.1) is 24.0 Å². The molecule has 1 N–H and O–H groups in total. The number of anilines is 1.